The number of amides is 2. The second-order valence-electron chi connectivity index (χ2n) is 5.92. The first kappa shape index (κ1) is 15.3. The van der Waals surface area contributed by atoms with Crippen LogP contribution in [0.15, 0.2) is 42.5 Å². The number of carbonyl (C=O) groups is 2. The summed E-state index contributed by atoms with van der Waals surface area (Å²) in [4.78, 5) is 23.5. The molecule has 0 unspecified atom stereocenters. The van der Waals surface area contributed by atoms with Crippen LogP contribution in [0.5, 0.6) is 0 Å². The zero-order valence-corrected chi connectivity index (χ0v) is 13.2. The highest BCUT2D eigenvalue weighted by molar-refractivity contribution is 5.93. The van der Waals surface area contributed by atoms with E-state index in [0.717, 1.165) is 34.4 Å². The Labute approximate surface area is 135 Å². The van der Waals surface area contributed by atoms with Crippen molar-refractivity contribution in [3.05, 3.63) is 64.7 Å². The van der Waals surface area contributed by atoms with Crippen LogP contribution in [-0.2, 0) is 29.0 Å². The molecule has 2 N–H and O–H groups in total. The van der Waals surface area contributed by atoms with Gasteiger partial charge in [0.05, 0.1) is 6.42 Å². The minimum atomic E-state index is 0.0188. The van der Waals surface area contributed by atoms with Gasteiger partial charge in [-0.2, -0.15) is 0 Å². The van der Waals surface area contributed by atoms with Gasteiger partial charge in [-0.05, 0) is 41.7 Å². The van der Waals surface area contributed by atoms with Crippen molar-refractivity contribution in [1.82, 2.24) is 5.32 Å². The molecule has 0 bridgehead atoms. The molecule has 1 aliphatic heterocycles. The highest BCUT2D eigenvalue weighted by Crippen LogP contribution is 2.23. The van der Waals surface area contributed by atoms with Gasteiger partial charge in [-0.15, -0.1) is 0 Å². The number of benzene rings is 2. The molecule has 0 fully saturated rings. The van der Waals surface area contributed by atoms with Crippen molar-refractivity contribution in [2.45, 2.75) is 32.7 Å². The maximum atomic E-state index is 12.1. The Hall–Kier alpha value is -2.62. The molecule has 2 aromatic rings. The average molecular weight is 308 g/mol. The van der Waals surface area contributed by atoms with E-state index in [2.05, 4.69) is 16.7 Å². The maximum absolute atomic E-state index is 12.1. The molecular formula is C19H20N2O2. The minimum Gasteiger partial charge on any atom is -0.352 e. The van der Waals surface area contributed by atoms with Gasteiger partial charge in [-0.25, -0.2) is 0 Å². The molecule has 0 atom stereocenters. The quantitative estimate of drug-likeness (QED) is 0.912. The van der Waals surface area contributed by atoms with Crippen molar-refractivity contribution in [3.63, 3.8) is 0 Å². The Kier molecular flexibility index (Phi) is 4.42. The molecular weight excluding hydrogens is 288 g/mol. The summed E-state index contributed by atoms with van der Waals surface area (Å²) in [6, 6.07) is 13.8. The van der Waals surface area contributed by atoms with Crippen LogP contribution in [0.4, 0.5) is 5.69 Å². The van der Waals surface area contributed by atoms with E-state index in [9.17, 15) is 9.59 Å². The fourth-order valence-corrected chi connectivity index (χ4v) is 2.79. The molecule has 0 aromatic heterocycles. The number of fused-ring (bicyclic) bond motifs is 1. The summed E-state index contributed by atoms with van der Waals surface area (Å²) in [5.74, 6) is 0.0853. The fraction of sp³-hybridized carbons (Fsp3) is 0.263. The molecule has 23 heavy (non-hydrogen) atoms. The second-order valence-corrected chi connectivity index (χ2v) is 5.92. The number of nitrogens with one attached hydrogen (secondary N) is 2. The first-order valence-electron chi connectivity index (χ1n) is 7.84. The number of hydrogen-bond donors (Lipinski definition) is 2. The number of anilines is 1. The topological polar surface area (TPSA) is 58.2 Å². The summed E-state index contributed by atoms with van der Waals surface area (Å²) in [6.45, 7) is 2.52. The van der Waals surface area contributed by atoms with Gasteiger partial charge in [0.25, 0.3) is 0 Å². The van der Waals surface area contributed by atoms with Crippen LogP contribution in [0.2, 0.25) is 0 Å². The van der Waals surface area contributed by atoms with Crippen molar-refractivity contribution in [1.29, 1.82) is 0 Å². The van der Waals surface area contributed by atoms with E-state index < -0.39 is 0 Å². The van der Waals surface area contributed by atoms with Gasteiger partial charge < -0.3 is 10.6 Å². The first-order chi connectivity index (χ1) is 11.1. The van der Waals surface area contributed by atoms with Gasteiger partial charge in [0.2, 0.25) is 11.8 Å². The van der Waals surface area contributed by atoms with E-state index in [1.54, 1.807) is 0 Å². The van der Waals surface area contributed by atoms with Crippen LogP contribution in [0, 0.1) is 6.92 Å². The van der Waals surface area contributed by atoms with E-state index in [-0.39, 0.29) is 11.8 Å². The Morgan fingerprint density at radius 3 is 2.83 bits per heavy atom. The third-order valence-electron chi connectivity index (χ3n) is 4.17. The molecule has 2 aromatic carbocycles. The van der Waals surface area contributed by atoms with E-state index in [0.29, 0.717) is 19.4 Å². The van der Waals surface area contributed by atoms with Gasteiger partial charge >= 0.3 is 0 Å². The monoisotopic (exact) mass is 308 g/mol. The number of carbonyl (C=O) groups excluding carboxylic acids is 2. The molecule has 4 heteroatoms. The first-order valence-corrected chi connectivity index (χ1v) is 7.84. The van der Waals surface area contributed by atoms with Gasteiger partial charge in [0.15, 0.2) is 0 Å². The van der Waals surface area contributed by atoms with Crippen LogP contribution in [0.1, 0.15) is 28.7 Å². The smallest absolute Gasteiger partial charge is 0.224 e. The van der Waals surface area contributed by atoms with Crippen molar-refractivity contribution in [2.75, 3.05) is 5.32 Å². The largest absolute Gasteiger partial charge is 0.352 e. The standard InChI is InChI=1S/C19H20N2O2/c1-13-4-2-3-5-15(13)11-19(23)20-12-14-6-8-17-16(10-14)7-9-18(22)21-17/h2-6,8,10H,7,9,11-12H2,1H3,(H,20,23)(H,21,22). The number of hydrogen-bond acceptors (Lipinski definition) is 2. The zero-order chi connectivity index (χ0) is 16.2. The summed E-state index contributed by atoms with van der Waals surface area (Å²) in [5, 5.41) is 5.83. The molecule has 118 valence electrons. The normalized spacial score (nSPS) is 13.2. The fourth-order valence-electron chi connectivity index (χ4n) is 2.79. The van der Waals surface area contributed by atoms with E-state index >= 15 is 0 Å². The molecule has 0 saturated carbocycles. The highest BCUT2D eigenvalue weighted by atomic mass is 16.2. The predicted molar refractivity (Wildman–Crippen MR) is 90.1 cm³/mol. The summed E-state index contributed by atoms with van der Waals surface area (Å²) in [5.41, 5.74) is 5.26. The summed E-state index contributed by atoms with van der Waals surface area (Å²) >= 11 is 0. The van der Waals surface area contributed by atoms with Crippen LogP contribution in [0.3, 0.4) is 0 Å². The van der Waals surface area contributed by atoms with Gasteiger partial charge in [0, 0.05) is 18.7 Å². The van der Waals surface area contributed by atoms with Crippen molar-refractivity contribution >= 4 is 17.5 Å². The molecule has 3 rings (SSSR count). The lowest BCUT2D eigenvalue weighted by molar-refractivity contribution is -0.120. The minimum absolute atomic E-state index is 0.0188. The second kappa shape index (κ2) is 6.65. The average Bonchev–Trinajstić information content (AvgIpc) is 2.55. The number of rotatable bonds is 4. The Bertz CT molecular complexity index is 753. The highest BCUT2D eigenvalue weighted by Gasteiger charge is 2.14. The van der Waals surface area contributed by atoms with Crippen molar-refractivity contribution < 1.29 is 9.59 Å². The van der Waals surface area contributed by atoms with Gasteiger partial charge in [-0.3, -0.25) is 9.59 Å². The maximum Gasteiger partial charge on any atom is 0.224 e. The zero-order valence-electron chi connectivity index (χ0n) is 13.2. The third kappa shape index (κ3) is 3.77. The third-order valence-corrected chi connectivity index (χ3v) is 4.17. The molecule has 1 heterocycles. The Morgan fingerprint density at radius 2 is 2.00 bits per heavy atom. The summed E-state index contributed by atoms with van der Waals surface area (Å²) < 4.78 is 0. The summed E-state index contributed by atoms with van der Waals surface area (Å²) in [7, 11) is 0. The lowest BCUT2D eigenvalue weighted by Crippen LogP contribution is -2.25. The molecule has 1 aliphatic rings. The van der Waals surface area contributed by atoms with Gasteiger partial charge in [-0.1, -0.05) is 36.4 Å². The molecule has 0 aliphatic carbocycles. The lowest BCUT2D eigenvalue weighted by atomic mass is 10.0. The molecule has 4 nitrogen and oxygen atoms in total. The predicted octanol–water partition coefficient (Wildman–Crippen LogP) is 2.74. The van der Waals surface area contributed by atoms with E-state index in [1.807, 2.05) is 43.3 Å². The number of aryl methyl sites for hydroxylation is 2. The van der Waals surface area contributed by atoms with Crippen LogP contribution in [0.25, 0.3) is 0 Å². The van der Waals surface area contributed by atoms with Crippen molar-refractivity contribution in [3.8, 4) is 0 Å². The molecule has 0 spiro atoms. The summed E-state index contributed by atoms with van der Waals surface area (Å²) in [6.07, 6.45) is 1.68. The lowest BCUT2D eigenvalue weighted by Gasteiger charge is -2.17. The Morgan fingerprint density at radius 1 is 1.17 bits per heavy atom. The Balaban J connectivity index is 1.59. The van der Waals surface area contributed by atoms with Crippen LogP contribution >= 0.6 is 0 Å². The van der Waals surface area contributed by atoms with Crippen LogP contribution in [-0.4, -0.2) is 11.8 Å². The molecule has 0 saturated heterocycles. The van der Waals surface area contributed by atoms with Crippen molar-refractivity contribution in [2.24, 2.45) is 0 Å². The SMILES string of the molecule is Cc1ccccc1CC(=O)NCc1ccc2c(c1)CCC(=O)N2. The van der Waals surface area contributed by atoms with E-state index in [1.165, 1.54) is 0 Å². The molecule has 0 radical (unpaired) electrons. The van der Waals surface area contributed by atoms with Crippen LogP contribution < -0.4 is 10.6 Å². The van der Waals surface area contributed by atoms with E-state index in [4.69, 9.17) is 0 Å². The van der Waals surface area contributed by atoms with Gasteiger partial charge in [0.1, 0.15) is 0 Å². The molecule has 2 amide bonds.